The van der Waals surface area contributed by atoms with Gasteiger partial charge in [0.25, 0.3) is 0 Å². The minimum absolute atomic E-state index is 0.569. The molecular formula is C10H10ClIN4. The van der Waals surface area contributed by atoms with E-state index in [1.807, 2.05) is 24.4 Å². The molecule has 84 valence electrons. The summed E-state index contributed by atoms with van der Waals surface area (Å²) in [6.45, 7) is 0.569. The minimum atomic E-state index is 0.569. The number of nitrogens with two attached hydrogens (primary N) is 1. The lowest BCUT2D eigenvalue weighted by Crippen LogP contribution is -2.02. The molecule has 2 aromatic rings. The summed E-state index contributed by atoms with van der Waals surface area (Å²) < 4.78 is 2.76. The lowest BCUT2D eigenvalue weighted by Gasteiger charge is -2.02. The summed E-state index contributed by atoms with van der Waals surface area (Å²) in [5.41, 5.74) is 7.16. The van der Waals surface area contributed by atoms with Crippen LogP contribution in [0.3, 0.4) is 0 Å². The Bertz CT molecular complexity index is 497. The van der Waals surface area contributed by atoms with E-state index in [0.29, 0.717) is 11.6 Å². The molecule has 4 nitrogen and oxygen atoms in total. The SMILES string of the molecule is NCCc1cn(-c2ccc(I)cc2Cl)nn1. The fourth-order valence-corrected chi connectivity index (χ4v) is 2.29. The van der Waals surface area contributed by atoms with Crippen LogP contribution in [0.1, 0.15) is 5.69 Å². The summed E-state index contributed by atoms with van der Waals surface area (Å²) >= 11 is 8.35. The van der Waals surface area contributed by atoms with Gasteiger partial charge in [-0.1, -0.05) is 16.8 Å². The second kappa shape index (κ2) is 5.11. The van der Waals surface area contributed by atoms with Crippen LogP contribution in [0.5, 0.6) is 0 Å². The molecule has 0 saturated heterocycles. The molecule has 0 atom stereocenters. The number of halogens is 2. The van der Waals surface area contributed by atoms with Gasteiger partial charge in [0, 0.05) is 9.99 Å². The van der Waals surface area contributed by atoms with Gasteiger partial charge in [-0.05, 0) is 47.3 Å². The molecule has 0 fully saturated rings. The molecule has 0 aliphatic heterocycles. The third-order valence-electron chi connectivity index (χ3n) is 2.10. The van der Waals surface area contributed by atoms with E-state index in [9.17, 15) is 0 Å². The molecule has 0 aliphatic rings. The highest BCUT2D eigenvalue weighted by Crippen LogP contribution is 2.22. The average Bonchev–Trinajstić information content (AvgIpc) is 2.67. The van der Waals surface area contributed by atoms with Crippen molar-refractivity contribution in [3.05, 3.63) is 38.7 Å². The van der Waals surface area contributed by atoms with Crippen molar-refractivity contribution in [2.45, 2.75) is 6.42 Å². The molecule has 0 radical (unpaired) electrons. The third-order valence-corrected chi connectivity index (χ3v) is 3.07. The van der Waals surface area contributed by atoms with Gasteiger partial charge in [-0.25, -0.2) is 4.68 Å². The van der Waals surface area contributed by atoms with Crippen molar-refractivity contribution in [2.75, 3.05) is 6.54 Å². The van der Waals surface area contributed by atoms with E-state index in [1.165, 1.54) is 0 Å². The van der Waals surface area contributed by atoms with Gasteiger partial charge in [0.05, 0.1) is 22.6 Å². The maximum absolute atomic E-state index is 6.13. The zero-order chi connectivity index (χ0) is 11.5. The second-order valence-electron chi connectivity index (χ2n) is 3.29. The monoisotopic (exact) mass is 348 g/mol. The van der Waals surface area contributed by atoms with Crippen molar-refractivity contribution >= 4 is 34.2 Å². The molecular weight excluding hydrogens is 338 g/mol. The Morgan fingerprint density at radius 2 is 2.25 bits per heavy atom. The number of benzene rings is 1. The average molecular weight is 349 g/mol. The number of aromatic nitrogens is 3. The summed E-state index contributed by atoms with van der Waals surface area (Å²) in [5.74, 6) is 0. The van der Waals surface area contributed by atoms with Crippen LogP contribution in [0.15, 0.2) is 24.4 Å². The molecule has 0 saturated carbocycles. The van der Waals surface area contributed by atoms with Crippen LogP contribution in [-0.4, -0.2) is 21.5 Å². The van der Waals surface area contributed by atoms with E-state index in [0.717, 1.165) is 21.4 Å². The smallest absolute Gasteiger partial charge is 0.0850 e. The van der Waals surface area contributed by atoms with Crippen LogP contribution in [0.25, 0.3) is 5.69 Å². The van der Waals surface area contributed by atoms with E-state index < -0.39 is 0 Å². The van der Waals surface area contributed by atoms with Crippen molar-refractivity contribution in [3.63, 3.8) is 0 Å². The first kappa shape index (κ1) is 11.8. The number of hydrogen-bond donors (Lipinski definition) is 1. The van der Waals surface area contributed by atoms with Crippen LogP contribution in [0.4, 0.5) is 0 Å². The van der Waals surface area contributed by atoms with Crippen LogP contribution in [0, 0.1) is 3.57 Å². The topological polar surface area (TPSA) is 56.7 Å². The van der Waals surface area contributed by atoms with E-state index in [-0.39, 0.29) is 0 Å². The fraction of sp³-hybridized carbons (Fsp3) is 0.200. The highest BCUT2D eigenvalue weighted by molar-refractivity contribution is 14.1. The van der Waals surface area contributed by atoms with Crippen molar-refractivity contribution < 1.29 is 0 Å². The van der Waals surface area contributed by atoms with Crippen molar-refractivity contribution in [2.24, 2.45) is 5.73 Å². The summed E-state index contributed by atoms with van der Waals surface area (Å²) in [5, 5.41) is 8.70. The first-order chi connectivity index (χ1) is 7.70. The molecule has 0 amide bonds. The maximum atomic E-state index is 6.13. The second-order valence-corrected chi connectivity index (χ2v) is 4.94. The van der Waals surface area contributed by atoms with Gasteiger partial charge >= 0.3 is 0 Å². The van der Waals surface area contributed by atoms with Crippen molar-refractivity contribution in [1.29, 1.82) is 0 Å². The van der Waals surface area contributed by atoms with Gasteiger partial charge in [-0.2, -0.15) is 0 Å². The Morgan fingerprint density at radius 3 is 2.94 bits per heavy atom. The first-order valence-electron chi connectivity index (χ1n) is 4.77. The predicted octanol–water partition coefficient (Wildman–Crippen LogP) is 2.03. The molecule has 2 N–H and O–H groups in total. The molecule has 0 aliphatic carbocycles. The predicted molar refractivity (Wildman–Crippen MR) is 71.8 cm³/mol. The van der Waals surface area contributed by atoms with Gasteiger partial charge in [-0.15, -0.1) is 5.10 Å². The normalized spacial score (nSPS) is 10.7. The molecule has 6 heteroatoms. The summed E-state index contributed by atoms with van der Waals surface area (Å²) in [7, 11) is 0. The Hall–Kier alpha value is -0.660. The van der Waals surface area contributed by atoms with Gasteiger partial charge in [0.1, 0.15) is 0 Å². The van der Waals surface area contributed by atoms with Crippen LogP contribution >= 0.6 is 34.2 Å². The van der Waals surface area contributed by atoms with E-state index in [1.54, 1.807) is 4.68 Å². The maximum Gasteiger partial charge on any atom is 0.0850 e. The molecule has 1 heterocycles. The van der Waals surface area contributed by atoms with Crippen LogP contribution in [-0.2, 0) is 6.42 Å². The molecule has 0 spiro atoms. The zero-order valence-electron chi connectivity index (χ0n) is 8.40. The fourth-order valence-electron chi connectivity index (χ4n) is 1.35. The Labute approximate surface area is 112 Å². The van der Waals surface area contributed by atoms with Gasteiger partial charge < -0.3 is 5.73 Å². The van der Waals surface area contributed by atoms with Gasteiger partial charge in [0.15, 0.2) is 0 Å². The van der Waals surface area contributed by atoms with E-state index in [2.05, 4.69) is 32.9 Å². The quantitative estimate of drug-likeness (QED) is 0.864. The first-order valence-corrected chi connectivity index (χ1v) is 6.23. The Kier molecular flexibility index (Phi) is 3.78. The van der Waals surface area contributed by atoms with E-state index in [4.69, 9.17) is 17.3 Å². The molecule has 1 aromatic heterocycles. The van der Waals surface area contributed by atoms with Gasteiger partial charge in [-0.3, -0.25) is 0 Å². The zero-order valence-corrected chi connectivity index (χ0v) is 11.3. The highest BCUT2D eigenvalue weighted by Gasteiger charge is 2.06. The van der Waals surface area contributed by atoms with Crippen molar-refractivity contribution in [1.82, 2.24) is 15.0 Å². The molecule has 0 unspecified atom stereocenters. The van der Waals surface area contributed by atoms with Crippen molar-refractivity contribution in [3.8, 4) is 5.69 Å². The Morgan fingerprint density at radius 1 is 1.44 bits per heavy atom. The lowest BCUT2D eigenvalue weighted by molar-refractivity contribution is 0.795. The Balaban J connectivity index is 2.35. The standard InChI is InChI=1S/C10H10ClIN4/c11-9-5-7(12)1-2-10(9)16-6-8(3-4-13)14-15-16/h1-2,5-6H,3-4,13H2. The third kappa shape index (κ3) is 2.53. The van der Waals surface area contributed by atoms with Crippen LogP contribution < -0.4 is 5.73 Å². The number of hydrogen-bond acceptors (Lipinski definition) is 3. The molecule has 16 heavy (non-hydrogen) atoms. The lowest BCUT2D eigenvalue weighted by atomic mass is 10.3. The minimum Gasteiger partial charge on any atom is -0.330 e. The summed E-state index contributed by atoms with van der Waals surface area (Å²) in [6.07, 6.45) is 2.57. The summed E-state index contributed by atoms with van der Waals surface area (Å²) in [6, 6.07) is 5.79. The molecule has 2 rings (SSSR count). The highest BCUT2D eigenvalue weighted by atomic mass is 127. The molecule has 1 aromatic carbocycles. The number of rotatable bonds is 3. The van der Waals surface area contributed by atoms with Crippen LogP contribution in [0.2, 0.25) is 5.02 Å². The van der Waals surface area contributed by atoms with Gasteiger partial charge in [0.2, 0.25) is 0 Å². The molecule has 0 bridgehead atoms. The summed E-state index contributed by atoms with van der Waals surface area (Å²) in [4.78, 5) is 0. The number of nitrogens with zero attached hydrogens (tertiary/aromatic N) is 3. The largest absolute Gasteiger partial charge is 0.330 e. The van der Waals surface area contributed by atoms with E-state index >= 15 is 0 Å².